The number of nitrogens with one attached hydrogen (secondary N) is 1. The first kappa shape index (κ1) is 24.5. The second-order valence-electron chi connectivity index (χ2n) is 6.32. The smallest absolute Gasteiger partial charge is 0.453 e. The Hall–Kier alpha value is -3.19. The molecule has 3 aromatic rings. The largest absolute Gasteiger partial charge is 0.465 e. The minimum atomic E-state index is -4.79. The maximum Gasteiger partial charge on any atom is 0.453 e. The number of esters is 1. The van der Waals surface area contributed by atoms with Crippen LogP contribution in [0.15, 0.2) is 63.3 Å². The molecule has 0 unspecified atom stereocenters. The number of hydrogen-bond donors (Lipinski definition) is 1. The molecule has 0 fully saturated rings. The van der Waals surface area contributed by atoms with Crippen molar-refractivity contribution in [2.45, 2.75) is 11.3 Å². The molecule has 1 aromatic heterocycles. The lowest BCUT2D eigenvalue weighted by Crippen LogP contribution is -2.15. The summed E-state index contributed by atoms with van der Waals surface area (Å²) in [6, 6.07) is 12.7. The van der Waals surface area contributed by atoms with Gasteiger partial charge in [-0.25, -0.2) is 4.79 Å². The quantitative estimate of drug-likeness (QED) is 0.269. The van der Waals surface area contributed by atoms with E-state index in [-0.39, 0.29) is 10.9 Å². The molecule has 1 N–H and O–H groups in total. The van der Waals surface area contributed by atoms with Gasteiger partial charge in [0, 0.05) is 10.2 Å². The molecule has 3 rings (SSSR count). The molecule has 0 saturated heterocycles. The predicted octanol–water partition coefficient (Wildman–Crippen LogP) is 4.46. The van der Waals surface area contributed by atoms with Crippen molar-refractivity contribution in [3.8, 4) is 0 Å². The first-order chi connectivity index (χ1) is 15.7. The van der Waals surface area contributed by atoms with Crippen molar-refractivity contribution in [2.75, 3.05) is 18.2 Å². The summed E-state index contributed by atoms with van der Waals surface area (Å²) in [7, 11) is 1.25. The third-order valence-corrected chi connectivity index (χ3v) is 5.43. The number of benzene rings is 2. The fraction of sp³-hybridized carbons (Fsp3) is 0.150. The first-order valence-corrected chi connectivity index (χ1v) is 10.9. The zero-order valence-corrected chi connectivity index (χ0v) is 19.2. The van der Waals surface area contributed by atoms with Crippen LogP contribution in [0.3, 0.4) is 0 Å². The van der Waals surface area contributed by atoms with E-state index in [9.17, 15) is 22.8 Å². The molecule has 0 radical (unpaired) electrons. The Labute approximate surface area is 198 Å². The highest BCUT2D eigenvalue weighted by Crippen LogP contribution is 2.30. The van der Waals surface area contributed by atoms with Crippen LogP contribution >= 0.6 is 27.7 Å². The number of amides is 1. The van der Waals surface area contributed by atoms with E-state index in [0.717, 1.165) is 16.2 Å². The Morgan fingerprint density at radius 3 is 2.42 bits per heavy atom. The molecule has 2 aromatic carbocycles. The zero-order chi connectivity index (χ0) is 24.0. The van der Waals surface area contributed by atoms with Crippen molar-refractivity contribution in [3.63, 3.8) is 0 Å². The van der Waals surface area contributed by atoms with Gasteiger partial charge in [0.15, 0.2) is 0 Å². The van der Waals surface area contributed by atoms with E-state index in [2.05, 4.69) is 41.3 Å². The van der Waals surface area contributed by atoms with Crippen LogP contribution in [0.5, 0.6) is 0 Å². The molecule has 8 nitrogen and oxygen atoms in total. The van der Waals surface area contributed by atoms with E-state index in [0.29, 0.717) is 21.5 Å². The summed E-state index contributed by atoms with van der Waals surface area (Å²) in [5.41, 5.74) is 1.27. The standard InChI is InChI=1S/C20H15BrF3N5O3S/c1-32-17(31)13-4-8-15(9-5-13)26-16(30)11-33-19-28-27-18(20(22,23)24)29(19)25-10-12-2-6-14(21)7-3-12/h2-10H,11H2,1H3,(H,26,30). The summed E-state index contributed by atoms with van der Waals surface area (Å²) in [4.78, 5) is 23.7. The van der Waals surface area contributed by atoms with Crippen LogP contribution in [0.1, 0.15) is 21.7 Å². The van der Waals surface area contributed by atoms with Crippen LogP contribution in [0.25, 0.3) is 0 Å². The average molecular weight is 542 g/mol. The zero-order valence-electron chi connectivity index (χ0n) is 16.8. The maximum absolute atomic E-state index is 13.3. The lowest BCUT2D eigenvalue weighted by atomic mass is 10.2. The number of alkyl halides is 3. The average Bonchev–Trinajstić information content (AvgIpc) is 3.20. The molecule has 13 heteroatoms. The van der Waals surface area contributed by atoms with Crippen LogP contribution in [0.4, 0.5) is 18.9 Å². The van der Waals surface area contributed by atoms with Crippen molar-refractivity contribution in [3.05, 3.63) is 70.0 Å². The summed E-state index contributed by atoms with van der Waals surface area (Å²) >= 11 is 4.02. The molecule has 33 heavy (non-hydrogen) atoms. The fourth-order valence-corrected chi connectivity index (χ4v) is 3.40. The van der Waals surface area contributed by atoms with Crippen molar-refractivity contribution >= 4 is 51.5 Å². The van der Waals surface area contributed by atoms with Gasteiger partial charge in [-0.15, -0.1) is 10.2 Å². The third-order valence-electron chi connectivity index (χ3n) is 3.98. The number of anilines is 1. The normalized spacial score (nSPS) is 11.5. The highest BCUT2D eigenvalue weighted by atomic mass is 79.9. The van der Waals surface area contributed by atoms with Gasteiger partial charge in [-0.2, -0.15) is 22.9 Å². The van der Waals surface area contributed by atoms with Gasteiger partial charge >= 0.3 is 12.1 Å². The Kier molecular flexibility index (Phi) is 7.87. The van der Waals surface area contributed by atoms with Gasteiger partial charge in [0.25, 0.3) is 5.82 Å². The van der Waals surface area contributed by atoms with E-state index in [1.807, 2.05) is 0 Å². The number of ether oxygens (including phenoxy) is 1. The van der Waals surface area contributed by atoms with Gasteiger partial charge in [0.1, 0.15) is 0 Å². The molecule has 1 heterocycles. The second-order valence-corrected chi connectivity index (χ2v) is 8.18. The Morgan fingerprint density at radius 1 is 1.15 bits per heavy atom. The molecule has 0 saturated carbocycles. The molecule has 0 aliphatic carbocycles. The predicted molar refractivity (Wildman–Crippen MR) is 119 cm³/mol. The molecule has 0 aliphatic rings. The van der Waals surface area contributed by atoms with Crippen molar-refractivity contribution in [1.29, 1.82) is 0 Å². The first-order valence-electron chi connectivity index (χ1n) is 9.11. The van der Waals surface area contributed by atoms with E-state index in [4.69, 9.17) is 0 Å². The lowest BCUT2D eigenvalue weighted by molar-refractivity contribution is -0.147. The Balaban J connectivity index is 1.71. The molecule has 172 valence electrons. The third kappa shape index (κ3) is 6.65. The number of aromatic nitrogens is 3. The van der Waals surface area contributed by atoms with E-state index in [1.165, 1.54) is 37.6 Å². The van der Waals surface area contributed by atoms with Gasteiger partial charge in [-0.05, 0) is 42.0 Å². The van der Waals surface area contributed by atoms with Gasteiger partial charge in [-0.3, -0.25) is 4.79 Å². The summed E-state index contributed by atoms with van der Waals surface area (Å²) in [6.07, 6.45) is -3.55. The molecule has 0 atom stereocenters. The van der Waals surface area contributed by atoms with E-state index >= 15 is 0 Å². The van der Waals surface area contributed by atoms with Crippen LogP contribution in [-0.2, 0) is 15.7 Å². The molecular weight excluding hydrogens is 527 g/mol. The number of thioether (sulfide) groups is 1. The second kappa shape index (κ2) is 10.6. The van der Waals surface area contributed by atoms with Gasteiger partial charge in [0.05, 0.1) is 24.6 Å². The van der Waals surface area contributed by atoms with Crippen LogP contribution < -0.4 is 5.32 Å². The number of hydrogen-bond acceptors (Lipinski definition) is 7. The maximum atomic E-state index is 13.3. The number of carbonyl (C=O) groups excluding carboxylic acids is 2. The lowest BCUT2D eigenvalue weighted by Gasteiger charge is -2.08. The SMILES string of the molecule is COC(=O)c1ccc(NC(=O)CSc2nnc(C(F)(F)F)n2N=Cc2ccc(Br)cc2)cc1. The number of nitrogens with zero attached hydrogens (tertiary/aromatic N) is 4. The Bertz CT molecular complexity index is 1170. The topological polar surface area (TPSA) is 98.5 Å². The molecule has 0 aliphatic heterocycles. The minimum absolute atomic E-state index is 0.202. The number of rotatable bonds is 7. The Morgan fingerprint density at radius 2 is 1.82 bits per heavy atom. The highest BCUT2D eigenvalue weighted by molar-refractivity contribution is 9.10. The minimum Gasteiger partial charge on any atom is -0.465 e. The molecule has 0 bridgehead atoms. The summed E-state index contributed by atoms with van der Waals surface area (Å²) in [6.45, 7) is 0. The van der Waals surface area contributed by atoms with E-state index in [1.54, 1.807) is 24.3 Å². The van der Waals surface area contributed by atoms with Crippen molar-refractivity contribution < 1.29 is 27.5 Å². The van der Waals surface area contributed by atoms with Crippen molar-refractivity contribution in [1.82, 2.24) is 14.9 Å². The van der Waals surface area contributed by atoms with Crippen molar-refractivity contribution in [2.24, 2.45) is 5.10 Å². The molecular formula is C20H15BrF3N5O3S. The van der Waals surface area contributed by atoms with Crippen LogP contribution in [0, 0.1) is 0 Å². The van der Waals surface area contributed by atoms with Crippen LogP contribution in [-0.4, -0.2) is 45.8 Å². The number of halogens is 4. The van der Waals surface area contributed by atoms with Gasteiger partial charge in [0.2, 0.25) is 11.1 Å². The van der Waals surface area contributed by atoms with E-state index < -0.39 is 23.9 Å². The monoisotopic (exact) mass is 541 g/mol. The van der Waals surface area contributed by atoms with Gasteiger partial charge < -0.3 is 10.1 Å². The van der Waals surface area contributed by atoms with Crippen LogP contribution in [0.2, 0.25) is 0 Å². The molecule has 1 amide bonds. The highest BCUT2D eigenvalue weighted by Gasteiger charge is 2.39. The summed E-state index contributed by atoms with van der Waals surface area (Å²) in [5, 5.41) is 13.0. The fourth-order valence-electron chi connectivity index (χ4n) is 2.44. The van der Waals surface area contributed by atoms with Gasteiger partial charge in [-0.1, -0.05) is 39.8 Å². The summed E-state index contributed by atoms with van der Waals surface area (Å²) < 4.78 is 45.9. The number of methoxy groups -OCH3 is 1. The summed E-state index contributed by atoms with van der Waals surface area (Å²) in [5.74, 6) is -2.57. The molecule has 0 spiro atoms. The number of carbonyl (C=O) groups is 2.